The van der Waals surface area contributed by atoms with Crippen LogP contribution in [0.2, 0.25) is 0 Å². The SMILES string of the molecule is NC(=NO)c1cc([N+](=O)[O-])ccc1Oc1cncc(Br)c1. The highest BCUT2D eigenvalue weighted by Gasteiger charge is 2.16. The molecule has 0 aliphatic rings. The fourth-order valence-electron chi connectivity index (χ4n) is 1.55. The Kier molecular flexibility index (Phi) is 4.33. The predicted octanol–water partition coefficient (Wildman–Crippen LogP) is 2.64. The van der Waals surface area contributed by atoms with E-state index >= 15 is 0 Å². The Morgan fingerprint density at radius 2 is 2.19 bits per heavy atom. The zero-order chi connectivity index (χ0) is 15.4. The van der Waals surface area contributed by atoms with E-state index in [1.54, 1.807) is 12.3 Å². The number of nitro benzene ring substituents is 1. The summed E-state index contributed by atoms with van der Waals surface area (Å²) in [4.78, 5) is 14.1. The van der Waals surface area contributed by atoms with Crippen LogP contribution in [-0.4, -0.2) is 21.0 Å². The third-order valence-corrected chi connectivity index (χ3v) is 2.90. The molecule has 0 saturated heterocycles. The molecule has 0 spiro atoms. The van der Waals surface area contributed by atoms with Crippen LogP contribution < -0.4 is 10.5 Å². The van der Waals surface area contributed by atoms with Gasteiger partial charge in [-0.15, -0.1) is 0 Å². The highest BCUT2D eigenvalue weighted by Crippen LogP contribution is 2.29. The number of nitro groups is 1. The molecule has 1 aromatic heterocycles. The number of benzene rings is 1. The molecule has 1 aromatic carbocycles. The van der Waals surface area contributed by atoms with Gasteiger partial charge in [0.1, 0.15) is 11.5 Å². The van der Waals surface area contributed by atoms with E-state index in [9.17, 15) is 10.1 Å². The molecular weight excluding hydrogens is 344 g/mol. The van der Waals surface area contributed by atoms with Gasteiger partial charge in [0.2, 0.25) is 0 Å². The number of halogens is 1. The second-order valence-electron chi connectivity index (χ2n) is 3.86. The fourth-order valence-corrected chi connectivity index (χ4v) is 1.89. The van der Waals surface area contributed by atoms with E-state index in [1.807, 2.05) is 0 Å². The van der Waals surface area contributed by atoms with Crippen molar-refractivity contribution < 1.29 is 14.9 Å². The molecule has 2 aromatic rings. The van der Waals surface area contributed by atoms with Crippen molar-refractivity contribution in [1.29, 1.82) is 0 Å². The lowest BCUT2D eigenvalue weighted by molar-refractivity contribution is -0.384. The van der Waals surface area contributed by atoms with Gasteiger partial charge < -0.3 is 15.7 Å². The van der Waals surface area contributed by atoms with Crippen LogP contribution in [0, 0.1) is 10.1 Å². The van der Waals surface area contributed by atoms with Crippen LogP contribution in [0.25, 0.3) is 0 Å². The summed E-state index contributed by atoms with van der Waals surface area (Å²) < 4.78 is 6.26. The molecule has 9 heteroatoms. The van der Waals surface area contributed by atoms with Crippen LogP contribution in [0.4, 0.5) is 5.69 Å². The largest absolute Gasteiger partial charge is 0.455 e. The lowest BCUT2D eigenvalue weighted by atomic mass is 10.1. The van der Waals surface area contributed by atoms with E-state index in [1.165, 1.54) is 18.3 Å². The zero-order valence-electron chi connectivity index (χ0n) is 10.4. The number of non-ortho nitro benzene ring substituents is 1. The average molecular weight is 353 g/mol. The van der Waals surface area contributed by atoms with Gasteiger partial charge in [-0.25, -0.2) is 0 Å². The van der Waals surface area contributed by atoms with Crippen LogP contribution >= 0.6 is 15.9 Å². The maximum absolute atomic E-state index is 10.8. The summed E-state index contributed by atoms with van der Waals surface area (Å²) in [6, 6.07) is 5.45. The molecule has 1 heterocycles. The first-order valence-electron chi connectivity index (χ1n) is 5.56. The third-order valence-electron chi connectivity index (χ3n) is 2.47. The Hall–Kier alpha value is -2.68. The highest BCUT2D eigenvalue weighted by atomic mass is 79.9. The van der Waals surface area contributed by atoms with Gasteiger partial charge in [-0.3, -0.25) is 15.1 Å². The van der Waals surface area contributed by atoms with E-state index in [4.69, 9.17) is 15.7 Å². The third kappa shape index (κ3) is 3.45. The van der Waals surface area contributed by atoms with Crippen molar-refractivity contribution >= 4 is 27.5 Å². The molecule has 0 unspecified atom stereocenters. The smallest absolute Gasteiger partial charge is 0.270 e. The van der Waals surface area contributed by atoms with E-state index in [0.29, 0.717) is 10.2 Å². The molecule has 8 nitrogen and oxygen atoms in total. The maximum Gasteiger partial charge on any atom is 0.270 e. The van der Waals surface area contributed by atoms with Crippen molar-refractivity contribution in [3.8, 4) is 11.5 Å². The first-order valence-corrected chi connectivity index (χ1v) is 6.35. The highest BCUT2D eigenvalue weighted by molar-refractivity contribution is 9.10. The summed E-state index contributed by atoms with van der Waals surface area (Å²) in [6.45, 7) is 0. The number of rotatable bonds is 4. The Morgan fingerprint density at radius 1 is 1.43 bits per heavy atom. The number of aromatic nitrogens is 1. The number of ether oxygens (including phenoxy) is 1. The van der Waals surface area contributed by atoms with E-state index in [-0.39, 0.29) is 22.8 Å². The summed E-state index contributed by atoms with van der Waals surface area (Å²) >= 11 is 3.25. The zero-order valence-corrected chi connectivity index (χ0v) is 12.0. The summed E-state index contributed by atoms with van der Waals surface area (Å²) in [5.41, 5.74) is 5.43. The number of oxime groups is 1. The van der Waals surface area contributed by atoms with Gasteiger partial charge in [0.05, 0.1) is 16.7 Å². The first-order chi connectivity index (χ1) is 10.0. The molecule has 2 rings (SSSR count). The molecule has 0 amide bonds. The van der Waals surface area contributed by atoms with Crippen molar-refractivity contribution in [3.63, 3.8) is 0 Å². The van der Waals surface area contributed by atoms with Gasteiger partial charge in [-0.05, 0) is 28.1 Å². The van der Waals surface area contributed by atoms with Crippen LogP contribution in [0.15, 0.2) is 46.3 Å². The Bertz CT molecular complexity index is 720. The Labute approximate surface area is 127 Å². The summed E-state index contributed by atoms with van der Waals surface area (Å²) in [5, 5.41) is 22.4. The monoisotopic (exact) mass is 352 g/mol. The number of nitrogens with zero attached hydrogens (tertiary/aromatic N) is 3. The maximum atomic E-state index is 10.8. The normalized spacial score (nSPS) is 11.2. The van der Waals surface area contributed by atoms with Crippen LogP contribution in [-0.2, 0) is 0 Å². The molecule has 0 saturated carbocycles. The average Bonchev–Trinajstić information content (AvgIpc) is 2.46. The molecule has 0 aliphatic heterocycles. The number of hydrogen-bond donors (Lipinski definition) is 2. The molecule has 108 valence electrons. The predicted molar refractivity (Wildman–Crippen MR) is 77.6 cm³/mol. The van der Waals surface area contributed by atoms with Gasteiger partial charge in [0.15, 0.2) is 5.84 Å². The van der Waals surface area contributed by atoms with E-state index in [0.717, 1.165) is 6.07 Å². The lowest BCUT2D eigenvalue weighted by Gasteiger charge is -2.10. The minimum Gasteiger partial charge on any atom is -0.455 e. The second-order valence-corrected chi connectivity index (χ2v) is 4.78. The van der Waals surface area contributed by atoms with E-state index < -0.39 is 4.92 Å². The molecule has 0 radical (unpaired) electrons. The van der Waals surface area contributed by atoms with Crippen LogP contribution in [0.5, 0.6) is 11.5 Å². The van der Waals surface area contributed by atoms with Crippen molar-refractivity contribution in [2.45, 2.75) is 0 Å². The molecule has 0 aliphatic carbocycles. The van der Waals surface area contributed by atoms with Crippen LogP contribution in [0.1, 0.15) is 5.56 Å². The standard InChI is InChI=1S/C12H9BrN4O4/c13-7-3-9(6-15-5-7)21-11-2-1-8(17(19)20)4-10(11)12(14)16-18/h1-6,18H,(H2,14,16). The van der Waals surface area contributed by atoms with Crippen LogP contribution in [0.3, 0.4) is 0 Å². The topological polar surface area (TPSA) is 124 Å². The van der Waals surface area contributed by atoms with Crippen molar-refractivity contribution in [2.75, 3.05) is 0 Å². The molecule has 0 atom stereocenters. The number of amidine groups is 1. The minimum atomic E-state index is -0.585. The second kappa shape index (κ2) is 6.18. The quantitative estimate of drug-likeness (QED) is 0.286. The molecule has 0 fully saturated rings. The van der Waals surface area contributed by atoms with Gasteiger partial charge in [-0.1, -0.05) is 5.16 Å². The molecule has 21 heavy (non-hydrogen) atoms. The van der Waals surface area contributed by atoms with Gasteiger partial charge in [0, 0.05) is 22.8 Å². The summed E-state index contributed by atoms with van der Waals surface area (Å²) in [6.07, 6.45) is 3.04. The van der Waals surface area contributed by atoms with E-state index in [2.05, 4.69) is 26.1 Å². The molecule has 3 N–H and O–H groups in total. The lowest BCUT2D eigenvalue weighted by Crippen LogP contribution is -2.14. The number of hydrogen-bond acceptors (Lipinski definition) is 6. The van der Waals surface area contributed by atoms with Crippen molar-refractivity contribution in [1.82, 2.24) is 4.98 Å². The number of pyridine rings is 1. The van der Waals surface area contributed by atoms with Gasteiger partial charge in [-0.2, -0.15) is 0 Å². The molecular formula is C12H9BrN4O4. The number of nitrogens with two attached hydrogens (primary N) is 1. The summed E-state index contributed by atoms with van der Waals surface area (Å²) in [7, 11) is 0. The first kappa shape index (κ1) is 14.7. The Balaban J connectivity index is 2.45. The van der Waals surface area contributed by atoms with Gasteiger partial charge >= 0.3 is 0 Å². The summed E-state index contributed by atoms with van der Waals surface area (Å²) in [5.74, 6) is 0.303. The fraction of sp³-hybridized carbons (Fsp3) is 0. The Morgan fingerprint density at radius 3 is 2.81 bits per heavy atom. The van der Waals surface area contributed by atoms with Crippen molar-refractivity contribution in [3.05, 3.63) is 56.8 Å². The van der Waals surface area contributed by atoms with Crippen molar-refractivity contribution in [2.24, 2.45) is 10.9 Å². The minimum absolute atomic E-state index is 0.103. The van der Waals surface area contributed by atoms with Gasteiger partial charge in [0.25, 0.3) is 5.69 Å². The molecule has 0 bridgehead atoms.